The maximum Gasteiger partial charge on any atom is 0.222 e. The highest BCUT2D eigenvalue weighted by Gasteiger charge is 2.33. The number of ether oxygens (including phenoxy) is 1. The number of pyridine rings is 1. The molecule has 2 aliphatic heterocycles. The molecule has 2 aliphatic rings. The second-order valence-electron chi connectivity index (χ2n) is 10.5. The van der Waals surface area contributed by atoms with E-state index in [0.717, 1.165) is 19.6 Å². The fourth-order valence-corrected chi connectivity index (χ4v) is 8.02. The maximum absolute atomic E-state index is 5.78. The first-order valence-electron chi connectivity index (χ1n) is 12.7. The lowest BCUT2D eigenvalue weighted by Gasteiger charge is -2.27. The molecule has 0 radical (unpaired) electrons. The van der Waals surface area contributed by atoms with Crippen molar-refractivity contribution >= 4 is 44.1 Å². The lowest BCUT2D eigenvalue weighted by Crippen LogP contribution is -2.32. The molecule has 0 saturated carbocycles. The van der Waals surface area contributed by atoms with Crippen molar-refractivity contribution in [1.82, 2.24) is 0 Å². The average Bonchev–Trinajstić information content (AvgIpc) is 3.40. The Labute approximate surface area is 210 Å². The highest BCUT2D eigenvalue weighted by molar-refractivity contribution is 8.00. The number of benzene rings is 4. The van der Waals surface area contributed by atoms with Gasteiger partial charge in [0, 0.05) is 33.8 Å². The molecule has 7 rings (SSSR count). The topological polar surface area (TPSA) is 13.1 Å². The molecule has 2 nitrogen and oxygen atoms in total. The van der Waals surface area contributed by atoms with Gasteiger partial charge in [0.05, 0.1) is 17.6 Å². The van der Waals surface area contributed by atoms with E-state index in [-0.39, 0.29) is 0 Å². The molecule has 1 aromatic heterocycles. The summed E-state index contributed by atoms with van der Waals surface area (Å²) in [4.78, 5) is 2.82. The van der Waals surface area contributed by atoms with Crippen LogP contribution in [0.3, 0.4) is 0 Å². The molecular weight excluding hydrogens is 446 g/mol. The van der Waals surface area contributed by atoms with Gasteiger partial charge < -0.3 is 4.74 Å². The fraction of sp³-hybridized carbons (Fsp3) is 0.281. The van der Waals surface area contributed by atoms with Gasteiger partial charge in [-0.25, -0.2) is 4.57 Å². The fourth-order valence-electron chi connectivity index (χ4n) is 6.50. The molecule has 0 N–H and O–H groups in total. The van der Waals surface area contributed by atoms with Gasteiger partial charge in [0.2, 0.25) is 5.69 Å². The molecule has 0 bridgehead atoms. The molecule has 4 aromatic carbocycles. The summed E-state index contributed by atoms with van der Waals surface area (Å²) in [5.41, 5.74) is 7.08. The van der Waals surface area contributed by atoms with Crippen molar-refractivity contribution < 1.29 is 9.30 Å². The van der Waals surface area contributed by atoms with E-state index in [2.05, 4.69) is 93.2 Å². The van der Waals surface area contributed by atoms with Crippen molar-refractivity contribution in [1.29, 1.82) is 0 Å². The first-order chi connectivity index (χ1) is 17.0. The predicted molar refractivity (Wildman–Crippen MR) is 147 cm³/mol. The standard InChI is InChI=1S/C32H30NOS/c1-18(2)28-24-9-6-5-8-21(24)19(3)29-31-30-25(12-14-33(31)4)23-11-7-10-22(20-13-15-34-17-20)26(23)16-27(30)35-32(28)29/h5-12,14,16,18,20H,13,15,17H2,1-4H3/q+1. The highest BCUT2D eigenvalue weighted by Crippen LogP contribution is 2.54. The summed E-state index contributed by atoms with van der Waals surface area (Å²) in [6, 6.07) is 20.7. The van der Waals surface area contributed by atoms with E-state index in [1.165, 1.54) is 70.1 Å². The lowest BCUT2D eigenvalue weighted by molar-refractivity contribution is -0.659. The summed E-state index contributed by atoms with van der Waals surface area (Å²) < 4.78 is 8.13. The van der Waals surface area contributed by atoms with Crippen molar-refractivity contribution in [3.63, 3.8) is 0 Å². The minimum Gasteiger partial charge on any atom is -0.381 e. The molecule has 3 heterocycles. The Kier molecular flexibility index (Phi) is 4.78. The van der Waals surface area contributed by atoms with Gasteiger partial charge >= 0.3 is 0 Å². The molecule has 1 unspecified atom stereocenters. The molecule has 174 valence electrons. The lowest BCUT2D eigenvalue weighted by atomic mass is 9.86. The summed E-state index contributed by atoms with van der Waals surface area (Å²) in [6.45, 7) is 8.70. The second kappa shape index (κ2) is 7.81. The third-order valence-electron chi connectivity index (χ3n) is 8.14. The Morgan fingerprint density at radius 2 is 1.74 bits per heavy atom. The number of hydrogen-bond acceptors (Lipinski definition) is 2. The Hall–Kier alpha value is -2.88. The number of hydrogen-bond donors (Lipinski definition) is 0. The highest BCUT2D eigenvalue weighted by atomic mass is 32.2. The van der Waals surface area contributed by atoms with Crippen LogP contribution in [-0.4, -0.2) is 13.2 Å². The van der Waals surface area contributed by atoms with E-state index in [9.17, 15) is 0 Å². The normalized spacial score (nSPS) is 17.1. The average molecular weight is 477 g/mol. The number of aromatic nitrogens is 1. The Morgan fingerprint density at radius 1 is 0.943 bits per heavy atom. The Bertz CT molecular complexity index is 1680. The van der Waals surface area contributed by atoms with Crippen LogP contribution >= 0.6 is 11.8 Å². The number of rotatable bonds is 2. The summed E-state index contributed by atoms with van der Waals surface area (Å²) >= 11 is 1.99. The van der Waals surface area contributed by atoms with Crippen LogP contribution in [0.2, 0.25) is 0 Å². The smallest absolute Gasteiger partial charge is 0.222 e. The number of fused-ring (bicyclic) bond motifs is 5. The SMILES string of the molecule is Cc1c2c(c(C(C)C)c3ccccc13)Sc1cc3c(C4CCOC4)cccc3c3cc[n+](C)c-2c13. The zero-order chi connectivity index (χ0) is 23.8. The summed E-state index contributed by atoms with van der Waals surface area (Å²) in [5, 5.41) is 8.29. The van der Waals surface area contributed by atoms with E-state index >= 15 is 0 Å². The van der Waals surface area contributed by atoms with Gasteiger partial charge in [-0.3, -0.25) is 0 Å². The summed E-state index contributed by atoms with van der Waals surface area (Å²) in [7, 11) is 2.21. The van der Waals surface area contributed by atoms with Crippen LogP contribution in [0, 0.1) is 6.92 Å². The minimum atomic E-state index is 0.444. The maximum atomic E-state index is 5.78. The Morgan fingerprint density at radius 3 is 2.51 bits per heavy atom. The van der Waals surface area contributed by atoms with Gasteiger partial charge in [-0.2, -0.15) is 0 Å². The molecule has 0 aliphatic carbocycles. The molecule has 0 amide bonds. The first kappa shape index (κ1) is 21.4. The third-order valence-corrected chi connectivity index (χ3v) is 9.31. The van der Waals surface area contributed by atoms with Gasteiger partial charge in [-0.15, -0.1) is 0 Å². The third kappa shape index (κ3) is 2.98. The van der Waals surface area contributed by atoms with Crippen LogP contribution in [0.15, 0.2) is 70.6 Å². The van der Waals surface area contributed by atoms with Crippen LogP contribution in [0.1, 0.15) is 48.8 Å². The molecule has 5 aromatic rings. The molecular formula is C32H30NOS+. The van der Waals surface area contributed by atoms with E-state index in [1.807, 2.05) is 11.8 Å². The molecule has 0 spiro atoms. The van der Waals surface area contributed by atoms with Crippen LogP contribution in [0.25, 0.3) is 43.6 Å². The quantitative estimate of drug-likeness (QED) is 0.185. The Balaban J connectivity index is 1.64. The van der Waals surface area contributed by atoms with E-state index in [0.29, 0.717) is 11.8 Å². The molecule has 1 fully saturated rings. The largest absolute Gasteiger partial charge is 0.381 e. The van der Waals surface area contributed by atoms with Crippen molar-refractivity contribution in [3.05, 3.63) is 77.5 Å². The summed E-state index contributed by atoms with van der Waals surface area (Å²) in [6.07, 6.45) is 3.37. The zero-order valence-electron chi connectivity index (χ0n) is 20.8. The van der Waals surface area contributed by atoms with Crippen molar-refractivity contribution in [3.8, 4) is 11.3 Å². The van der Waals surface area contributed by atoms with E-state index in [4.69, 9.17) is 4.74 Å². The van der Waals surface area contributed by atoms with Gasteiger partial charge in [-0.1, -0.05) is 68.1 Å². The minimum absolute atomic E-state index is 0.444. The molecule has 1 saturated heterocycles. The summed E-state index contributed by atoms with van der Waals surface area (Å²) in [5.74, 6) is 0.931. The molecule has 1 atom stereocenters. The van der Waals surface area contributed by atoms with Crippen molar-refractivity contribution in [2.75, 3.05) is 13.2 Å². The molecule has 35 heavy (non-hydrogen) atoms. The van der Waals surface area contributed by atoms with Gasteiger partial charge in [0.15, 0.2) is 6.20 Å². The number of nitrogens with zero attached hydrogens (tertiary/aromatic N) is 1. The van der Waals surface area contributed by atoms with E-state index < -0.39 is 0 Å². The van der Waals surface area contributed by atoms with Crippen molar-refractivity contribution in [2.45, 2.75) is 48.8 Å². The molecule has 3 heteroatoms. The monoisotopic (exact) mass is 476 g/mol. The van der Waals surface area contributed by atoms with Gasteiger partial charge in [0.25, 0.3) is 0 Å². The van der Waals surface area contributed by atoms with Crippen LogP contribution in [0.4, 0.5) is 0 Å². The van der Waals surface area contributed by atoms with Gasteiger partial charge in [0.1, 0.15) is 7.05 Å². The predicted octanol–water partition coefficient (Wildman–Crippen LogP) is 8.04. The second-order valence-corrected chi connectivity index (χ2v) is 11.5. The zero-order valence-corrected chi connectivity index (χ0v) is 21.6. The van der Waals surface area contributed by atoms with Gasteiger partial charge in [-0.05, 0) is 63.6 Å². The van der Waals surface area contributed by atoms with Crippen LogP contribution in [-0.2, 0) is 11.8 Å². The first-order valence-corrected chi connectivity index (χ1v) is 13.6. The van der Waals surface area contributed by atoms with Crippen LogP contribution < -0.4 is 4.57 Å². The van der Waals surface area contributed by atoms with Crippen molar-refractivity contribution in [2.24, 2.45) is 7.05 Å². The van der Waals surface area contributed by atoms with Crippen LogP contribution in [0.5, 0.6) is 0 Å². The van der Waals surface area contributed by atoms with E-state index in [1.54, 1.807) is 0 Å². The number of aryl methyl sites for hydroxylation is 2.